The van der Waals surface area contributed by atoms with Crippen LogP contribution in [0.15, 0.2) is 30.5 Å². The van der Waals surface area contributed by atoms with E-state index in [2.05, 4.69) is 17.9 Å². The van der Waals surface area contributed by atoms with Gasteiger partial charge in [0.25, 0.3) is 5.69 Å². The Labute approximate surface area is 118 Å². The van der Waals surface area contributed by atoms with Gasteiger partial charge in [-0.25, -0.2) is 8.48 Å². The van der Waals surface area contributed by atoms with E-state index in [0.29, 0.717) is 0 Å². The van der Waals surface area contributed by atoms with Crippen molar-refractivity contribution in [2.45, 2.75) is 6.61 Å². The molecule has 2 rings (SSSR count). The van der Waals surface area contributed by atoms with Crippen molar-refractivity contribution in [2.75, 3.05) is 6.86 Å². The summed E-state index contributed by atoms with van der Waals surface area (Å²) < 4.78 is 23.6. The van der Waals surface area contributed by atoms with Gasteiger partial charge < -0.3 is 9.47 Å². The average Bonchev–Trinajstić information content (AvgIpc) is 2.83. The number of rotatable bonds is 6. The summed E-state index contributed by atoms with van der Waals surface area (Å²) in [5, 5.41) is 14.8. The highest BCUT2D eigenvalue weighted by molar-refractivity contribution is 7.78. The molecule has 0 atom stereocenters. The van der Waals surface area contributed by atoms with E-state index >= 15 is 0 Å². The van der Waals surface area contributed by atoms with E-state index in [1.807, 2.05) is 0 Å². The number of halogens is 1. The lowest BCUT2D eigenvalue weighted by Gasteiger charge is -2.09. The number of nitrogens with zero attached hydrogens (tertiary/aromatic N) is 3. The Hall–Kier alpha value is -2.29. The van der Waals surface area contributed by atoms with Crippen LogP contribution < -0.4 is 9.47 Å². The van der Waals surface area contributed by atoms with Crippen LogP contribution in [-0.4, -0.2) is 21.0 Å². The Morgan fingerprint density at radius 3 is 2.80 bits per heavy atom. The summed E-state index contributed by atoms with van der Waals surface area (Å²) in [4.78, 5) is 10.4. The van der Waals surface area contributed by atoms with Crippen LogP contribution in [0.2, 0.25) is 0 Å². The highest BCUT2D eigenvalue weighted by Gasteiger charge is 2.19. The van der Waals surface area contributed by atoms with Crippen LogP contribution in [0.5, 0.6) is 11.6 Å². The lowest BCUT2D eigenvalue weighted by atomic mass is 10.1. The second-order valence-electron chi connectivity index (χ2n) is 3.63. The molecular weight excluding hydrogens is 289 g/mol. The summed E-state index contributed by atoms with van der Waals surface area (Å²) in [6, 6.07) is 5.68. The topological polar surface area (TPSA) is 79.4 Å². The normalized spacial score (nSPS) is 10.3. The Morgan fingerprint density at radius 2 is 2.20 bits per heavy atom. The number of thiol groups is 1. The van der Waals surface area contributed by atoms with Gasteiger partial charge in [0.15, 0.2) is 0 Å². The molecule has 1 aromatic carbocycles. The minimum atomic E-state index is -1.08. The van der Waals surface area contributed by atoms with Crippen LogP contribution in [0.4, 0.5) is 10.1 Å². The lowest BCUT2D eigenvalue weighted by molar-refractivity contribution is -0.385. The first-order chi connectivity index (χ1) is 9.61. The van der Waals surface area contributed by atoms with Gasteiger partial charge in [0.1, 0.15) is 17.9 Å². The number of nitro groups is 1. The summed E-state index contributed by atoms with van der Waals surface area (Å²) in [5.74, 6) is 0.302. The van der Waals surface area contributed by atoms with E-state index < -0.39 is 11.8 Å². The zero-order chi connectivity index (χ0) is 14.5. The summed E-state index contributed by atoms with van der Waals surface area (Å²) in [6.45, 7) is -1.25. The van der Waals surface area contributed by atoms with Crippen molar-refractivity contribution in [3.8, 4) is 11.6 Å². The fourth-order valence-corrected chi connectivity index (χ4v) is 1.74. The molecule has 0 spiro atoms. The van der Waals surface area contributed by atoms with Crippen LogP contribution in [0.25, 0.3) is 0 Å². The van der Waals surface area contributed by atoms with Crippen molar-refractivity contribution in [3.63, 3.8) is 0 Å². The minimum Gasteiger partial charge on any atom is -0.471 e. The van der Waals surface area contributed by atoms with Crippen LogP contribution in [0, 0.1) is 10.1 Å². The smallest absolute Gasteiger partial charge is 0.279 e. The van der Waals surface area contributed by atoms with Crippen molar-refractivity contribution >= 4 is 18.5 Å². The minimum absolute atomic E-state index is 0.0620. The first-order valence-corrected chi connectivity index (χ1v) is 5.84. The van der Waals surface area contributed by atoms with Gasteiger partial charge in [0.05, 0.1) is 4.92 Å². The first kappa shape index (κ1) is 14.1. The zero-order valence-electron chi connectivity index (χ0n) is 10.1. The molecule has 0 aliphatic heterocycles. The van der Waals surface area contributed by atoms with Gasteiger partial charge in [-0.3, -0.25) is 10.1 Å². The Balaban J connectivity index is 2.25. The second-order valence-corrected chi connectivity index (χ2v) is 4.04. The van der Waals surface area contributed by atoms with E-state index in [4.69, 9.17) is 9.47 Å². The molecule has 0 bridgehead atoms. The number of hydrogen-bond acceptors (Lipinski definition) is 6. The number of nitro benzene ring substituents is 1. The molecule has 0 aliphatic rings. The van der Waals surface area contributed by atoms with Crippen LogP contribution in [-0.2, 0) is 6.61 Å². The maximum atomic E-state index is 12.3. The molecule has 7 nitrogen and oxygen atoms in total. The van der Waals surface area contributed by atoms with Crippen LogP contribution >= 0.6 is 12.8 Å². The molecule has 0 aliphatic carbocycles. The van der Waals surface area contributed by atoms with E-state index in [1.165, 1.54) is 34.5 Å². The predicted molar refractivity (Wildman–Crippen MR) is 70.6 cm³/mol. The SMILES string of the molecule is O=[N+]([O-])c1cccc(OCF)c1COc1ccn(S)n1. The zero-order valence-corrected chi connectivity index (χ0v) is 11.0. The first-order valence-electron chi connectivity index (χ1n) is 5.44. The molecule has 1 heterocycles. The highest BCUT2D eigenvalue weighted by atomic mass is 32.1. The van der Waals surface area contributed by atoms with Gasteiger partial charge in [-0.15, -0.1) is 5.10 Å². The fourth-order valence-electron chi connectivity index (χ4n) is 1.59. The molecule has 0 fully saturated rings. The van der Waals surface area contributed by atoms with Gasteiger partial charge in [-0.1, -0.05) is 6.07 Å². The Kier molecular flexibility index (Phi) is 4.41. The fraction of sp³-hybridized carbons (Fsp3) is 0.182. The molecule has 0 saturated carbocycles. The molecule has 0 amide bonds. The predicted octanol–water partition coefficient (Wildman–Crippen LogP) is 2.37. The summed E-state index contributed by atoms with van der Waals surface area (Å²) >= 11 is 3.94. The molecule has 106 valence electrons. The van der Waals surface area contributed by atoms with Gasteiger partial charge in [0, 0.05) is 18.3 Å². The summed E-state index contributed by atoms with van der Waals surface area (Å²) in [7, 11) is 0. The van der Waals surface area contributed by atoms with Gasteiger partial charge in [-0.2, -0.15) is 0 Å². The number of benzene rings is 1. The number of hydrogen-bond donors (Lipinski definition) is 1. The number of aromatic nitrogens is 2. The van der Waals surface area contributed by atoms with Crippen molar-refractivity contribution < 1.29 is 18.8 Å². The van der Waals surface area contributed by atoms with Crippen LogP contribution in [0.1, 0.15) is 5.56 Å². The molecule has 9 heteroatoms. The average molecular weight is 299 g/mol. The molecule has 0 saturated heterocycles. The van der Waals surface area contributed by atoms with E-state index in [-0.39, 0.29) is 29.5 Å². The second kappa shape index (κ2) is 6.24. The third-order valence-electron chi connectivity index (χ3n) is 2.43. The molecule has 0 unspecified atom stereocenters. The summed E-state index contributed by atoms with van der Waals surface area (Å²) in [5.41, 5.74) is -0.0647. The van der Waals surface area contributed by atoms with E-state index in [0.717, 1.165) is 0 Å². The standard InChI is InChI=1S/C11H10FN3O4S/c12-7-19-10-3-1-2-9(15(16)17)8(10)6-18-11-4-5-14(20)13-11/h1-5,20H,6-7H2. The molecule has 2 aromatic rings. The van der Waals surface area contributed by atoms with Crippen molar-refractivity contribution in [2.24, 2.45) is 0 Å². The quantitative estimate of drug-likeness (QED) is 0.503. The van der Waals surface area contributed by atoms with Crippen molar-refractivity contribution in [3.05, 3.63) is 46.1 Å². The van der Waals surface area contributed by atoms with E-state index in [1.54, 1.807) is 0 Å². The van der Waals surface area contributed by atoms with Gasteiger partial charge in [-0.05, 0) is 18.9 Å². The third kappa shape index (κ3) is 3.18. The number of ether oxygens (including phenoxy) is 2. The third-order valence-corrected chi connectivity index (χ3v) is 2.65. The molecule has 1 aromatic heterocycles. The maximum Gasteiger partial charge on any atom is 0.279 e. The van der Waals surface area contributed by atoms with Gasteiger partial charge in [0.2, 0.25) is 12.7 Å². The van der Waals surface area contributed by atoms with Crippen LogP contribution in [0.3, 0.4) is 0 Å². The molecule has 20 heavy (non-hydrogen) atoms. The Morgan fingerprint density at radius 1 is 1.40 bits per heavy atom. The lowest BCUT2D eigenvalue weighted by Crippen LogP contribution is -2.05. The van der Waals surface area contributed by atoms with E-state index in [9.17, 15) is 14.5 Å². The molecule has 0 N–H and O–H groups in total. The highest BCUT2D eigenvalue weighted by Crippen LogP contribution is 2.29. The maximum absolute atomic E-state index is 12.3. The Bertz CT molecular complexity index is 619. The van der Waals surface area contributed by atoms with Crippen molar-refractivity contribution in [1.82, 2.24) is 9.19 Å². The number of alkyl halides is 1. The summed E-state index contributed by atoms with van der Waals surface area (Å²) in [6.07, 6.45) is 1.54. The van der Waals surface area contributed by atoms with Gasteiger partial charge >= 0.3 is 0 Å². The molecule has 0 radical (unpaired) electrons. The molecular formula is C11H10FN3O4S. The monoisotopic (exact) mass is 299 g/mol. The largest absolute Gasteiger partial charge is 0.471 e. The van der Waals surface area contributed by atoms with Crippen molar-refractivity contribution in [1.29, 1.82) is 0 Å².